The van der Waals surface area contributed by atoms with E-state index in [-0.39, 0.29) is 6.04 Å². The van der Waals surface area contributed by atoms with Crippen molar-refractivity contribution in [2.24, 2.45) is 0 Å². The standard InChI is InChI=1S/C29H26N4/c1-4-10-23(11-5-1)20-28(24-12-6-2-7-13-24)31-21-26-22-33(27-14-8-3-9-15-27)32-29(26)25-16-18-30-19-17-25/h1-19,22,28,31H,20-21H2. The van der Waals surface area contributed by atoms with Crippen molar-refractivity contribution in [2.75, 3.05) is 0 Å². The monoisotopic (exact) mass is 430 g/mol. The Morgan fingerprint density at radius 1 is 0.727 bits per heavy atom. The fourth-order valence-electron chi connectivity index (χ4n) is 4.08. The fourth-order valence-corrected chi connectivity index (χ4v) is 4.08. The summed E-state index contributed by atoms with van der Waals surface area (Å²) in [7, 11) is 0. The van der Waals surface area contributed by atoms with Crippen LogP contribution in [0.25, 0.3) is 16.9 Å². The molecule has 2 aromatic heterocycles. The summed E-state index contributed by atoms with van der Waals surface area (Å²) in [5.74, 6) is 0. The molecule has 4 heteroatoms. The highest BCUT2D eigenvalue weighted by Gasteiger charge is 2.16. The number of aromatic nitrogens is 3. The molecule has 0 amide bonds. The van der Waals surface area contributed by atoms with Gasteiger partial charge in [0, 0.05) is 42.3 Å². The summed E-state index contributed by atoms with van der Waals surface area (Å²) in [5.41, 5.74) is 6.83. The topological polar surface area (TPSA) is 42.7 Å². The Bertz CT molecular complexity index is 1270. The Labute approximate surface area is 194 Å². The van der Waals surface area contributed by atoms with Gasteiger partial charge in [0.05, 0.1) is 11.4 Å². The Morgan fingerprint density at radius 3 is 2.06 bits per heavy atom. The van der Waals surface area contributed by atoms with E-state index in [1.165, 1.54) is 11.1 Å². The van der Waals surface area contributed by atoms with Gasteiger partial charge in [-0.2, -0.15) is 5.10 Å². The number of hydrogen-bond donors (Lipinski definition) is 1. The average molecular weight is 431 g/mol. The quantitative estimate of drug-likeness (QED) is 0.328. The molecule has 5 aromatic rings. The molecule has 1 unspecified atom stereocenters. The SMILES string of the molecule is c1ccc(CC(NCc2cn(-c3ccccc3)nc2-c2ccncc2)c2ccccc2)cc1. The molecular formula is C29H26N4. The number of pyridine rings is 1. The van der Waals surface area contributed by atoms with Gasteiger partial charge in [0.1, 0.15) is 0 Å². The second kappa shape index (κ2) is 10.1. The van der Waals surface area contributed by atoms with Crippen molar-refractivity contribution in [2.45, 2.75) is 19.0 Å². The maximum atomic E-state index is 4.93. The molecule has 0 aliphatic carbocycles. The predicted octanol–water partition coefficient (Wildman–Crippen LogP) is 6.01. The van der Waals surface area contributed by atoms with E-state index in [0.717, 1.165) is 28.9 Å². The van der Waals surface area contributed by atoms with Crippen LogP contribution >= 0.6 is 0 Å². The molecular weight excluding hydrogens is 404 g/mol. The fraction of sp³-hybridized carbons (Fsp3) is 0.103. The highest BCUT2D eigenvalue weighted by atomic mass is 15.3. The van der Waals surface area contributed by atoms with Crippen molar-refractivity contribution < 1.29 is 0 Å². The molecule has 1 N–H and O–H groups in total. The third-order valence-electron chi connectivity index (χ3n) is 5.79. The molecule has 0 fully saturated rings. The molecule has 4 nitrogen and oxygen atoms in total. The largest absolute Gasteiger partial charge is 0.305 e. The van der Waals surface area contributed by atoms with Crippen LogP contribution in [0.1, 0.15) is 22.7 Å². The predicted molar refractivity (Wildman–Crippen MR) is 133 cm³/mol. The minimum Gasteiger partial charge on any atom is -0.305 e. The third kappa shape index (κ3) is 5.08. The second-order valence-corrected chi connectivity index (χ2v) is 8.05. The first-order valence-corrected chi connectivity index (χ1v) is 11.2. The number of rotatable bonds is 8. The molecule has 3 aromatic carbocycles. The second-order valence-electron chi connectivity index (χ2n) is 8.05. The van der Waals surface area contributed by atoms with Crippen LogP contribution in [0.4, 0.5) is 0 Å². The van der Waals surface area contributed by atoms with Gasteiger partial charge in [-0.05, 0) is 41.8 Å². The van der Waals surface area contributed by atoms with Gasteiger partial charge in [0.2, 0.25) is 0 Å². The molecule has 0 aliphatic heterocycles. The zero-order valence-corrected chi connectivity index (χ0v) is 18.4. The average Bonchev–Trinajstić information content (AvgIpc) is 3.33. The van der Waals surface area contributed by atoms with Gasteiger partial charge in [0.25, 0.3) is 0 Å². The lowest BCUT2D eigenvalue weighted by atomic mass is 9.98. The molecule has 0 bridgehead atoms. The lowest BCUT2D eigenvalue weighted by molar-refractivity contribution is 0.531. The maximum absolute atomic E-state index is 4.93. The van der Waals surface area contributed by atoms with E-state index < -0.39 is 0 Å². The van der Waals surface area contributed by atoms with Crippen LogP contribution in [-0.2, 0) is 13.0 Å². The summed E-state index contributed by atoms with van der Waals surface area (Å²) in [6.07, 6.45) is 6.68. The normalized spacial score (nSPS) is 11.9. The van der Waals surface area contributed by atoms with Crippen molar-refractivity contribution in [3.63, 3.8) is 0 Å². The van der Waals surface area contributed by atoms with Crippen LogP contribution < -0.4 is 5.32 Å². The van der Waals surface area contributed by atoms with Crippen molar-refractivity contribution >= 4 is 0 Å². The third-order valence-corrected chi connectivity index (χ3v) is 5.79. The van der Waals surface area contributed by atoms with E-state index in [0.29, 0.717) is 6.54 Å². The Balaban J connectivity index is 1.46. The van der Waals surface area contributed by atoms with E-state index in [9.17, 15) is 0 Å². The number of nitrogens with zero attached hydrogens (tertiary/aromatic N) is 3. The summed E-state index contributed by atoms with van der Waals surface area (Å²) in [5, 5.41) is 8.74. The Morgan fingerprint density at radius 2 is 1.36 bits per heavy atom. The van der Waals surface area contributed by atoms with Crippen LogP contribution in [0.5, 0.6) is 0 Å². The molecule has 0 saturated heterocycles. The first-order valence-electron chi connectivity index (χ1n) is 11.2. The zero-order chi connectivity index (χ0) is 22.3. The smallest absolute Gasteiger partial charge is 0.0973 e. The molecule has 0 radical (unpaired) electrons. The van der Waals surface area contributed by atoms with E-state index in [4.69, 9.17) is 5.10 Å². The van der Waals surface area contributed by atoms with Gasteiger partial charge in [0.15, 0.2) is 0 Å². The van der Waals surface area contributed by atoms with Crippen molar-refractivity contribution in [1.29, 1.82) is 0 Å². The van der Waals surface area contributed by atoms with Crippen LogP contribution in [-0.4, -0.2) is 14.8 Å². The summed E-state index contributed by atoms with van der Waals surface area (Å²) in [6.45, 7) is 0.705. The Kier molecular flexibility index (Phi) is 6.36. The van der Waals surface area contributed by atoms with Crippen molar-refractivity contribution in [3.05, 3.63) is 138 Å². The zero-order valence-electron chi connectivity index (χ0n) is 18.4. The number of benzene rings is 3. The minimum atomic E-state index is 0.193. The van der Waals surface area contributed by atoms with Gasteiger partial charge in [-0.3, -0.25) is 4.98 Å². The number of hydrogen-bond acceptors (Lipinski definition) is 3. The van der Waals surface area contributed by atoms with E-state index in [1.807, 2.05) is 47.4 Å². The summed E-state index contributed by atoms with van der Waals surface area (Å²) < 4.78 is 1.96. The minimum absolute atomic E-state index is 0.193. The summed E-state index contributed by atoms with van der Waals surface area (Å²) in [4.78, 5) is 4.18. The summed E-state index contributed by atoms with van der Waals surface area (Å²) >= 11 is 0. The maximum Gasteiger partial charge on any atom is 0.0973 e. The van der Waals surface area contributed by atoms with E-state index >= 15 is 0 Å². The van der Waals surface area contributed by atoms with Crippen molar-refractivity contribution in [3.8, 4) is 16.9 Å². The molecule has 33 heavy (non-hydrogen) atoms. The van der Waals surface area contributed by atoms with Crippen LogP contribution in [0.3, 0.4) is 0 Å². The van der Waals surface area contributed by atoms with Crippen LogP contribution in [0, 0.1) is 0 Å². The van der Waals surface area contributed by atoms with Crippen molar-refractivity contribution in [1.82, 2.24) is 20.1 Å². The van der Waals surface area contributed by atoms with E-state index in [2.05, 4.69) is 89.3 Å². The van der Waals surface area contributed by atoms with Gasteiger partial charge >= 0.3 is 0 Å². The van der Waals surface area contributed by atoms with Gasteiger partial charge in [-0.25, -0.2) is 4.68 Å². The van der Waals surface area contributed by atoms with Crippen LogP contribution in [0.15, 0.2) is 122 Å². The molecule has 0 aliphatic rings. The Hall–Kier alpha value is -4.02. The molecule has 5 rings (SSSR count). The molecule has 0 saturated carbocycles. The number of nitrogens with one attached hydrogen (secondary N) is 1. The first kappa shape index (κ1) is 20.9. The lowest BCUT2D eigenvalue weighted by Crippen LogP contribution is -2.23. The van der Waals surface area contributed by atoms with Gasteiger partial charge in [-0.1, -0.05) is 78.9 Å². The highest BCUT2D eigenvalue weighted by molar-refractivity contribution is 5.62. The van der Waals surface area contributed by atoms with Crippen LogP contribution in [0.2, 0.25) is 0 Å². The highest BCUT2D eigenvalue weighted by Crippen LogP contribution is 2.25. The first-order chi connectivity index (χ1) is 16.4. The van der Waals surface area contributed by atoms with Gasteiger partial charge < -0.3 is 5.32 Å². The molecule has 0 spiro atoms. The van der Waals surface area contributed by atoms with E-state index in [1.54, 1.807) is 0 Å². The lowest BCUT2D eigenvalue weighted by Gasteiger charge is -2.19. The number of para-hydroxylation sites is 1. The molecule has 2 heterocycles. The molecule has 1 atom stereocenters. The molecule has 162 valence electrons. The van der Waals surface area contributed by atoms with Gasteiger partial charge in [-0.15, -0.1) is 0 Å². The summed E-state index contributed by atoms with van der Waals surface area (Å²) in [6, 6.07) is 35.7.